The molecule has 0 spiro atoms. The summed E-state index contributed by atoms with van der Waals surface area (Å²) in [5, 5.41) is 3.41. The Kier molecular flexibility index (Phi) is 10.5. The SMILES string of the molecule is CCNC(=NCC1(SC)CCOCC1)N1CCC(C(=O)OC)CC1.I. The number of nitrogens with zero attached hydrogens (tertiary/aromatic N) is 2. The smallest absolute Gasteiger partial charge is 0.308 e. The van der Waals surface area contributed by atoms with Gasteiger partial charge >= 0.3 is 5.97 Å². The fourth-order valence-electron chi connectivity index (χ4n) is 3.31. The first-order valence-electron chi connectivity index (χ1n) is 8.88. The van der Waals surface area contributed by atoms with E-state index >= 15 is 0 Å². The molecule has 0 aromatic rings. The highest BCUT2D eigenvalue weighted by atomic mass is 127. The molecule has 2 rings (SSSR count). The number of guanidine groups is 1. The van der Waals surface area contributed by atoms with Crippen LogP contribution in [0.25, 0.3) is 0 Å². The van der Waals surface area contributed by atoms with Crippen molar-refractivity contribution in [2.24, 2.45) is 10.9 Å². The number of hydrogen-bond donors (Lipinski definition) is 1. The number of esters is 1. The topological polar surface area (TPSA) is 63.2 Å². The van der Waals surface area contributed by atoms with Crippen LogP contribution >= 0.6 is 35.7 Å². The number of carbonyl (C=O) groups excluding carboxylic acids is 1. The van der Waals surface area contributed by atoms with E-state index in [0.29, 0.717) is 0 Å². The minimum absolute atomic E-state index is 0. The first-order valence-corrected chi connectivity index (χ1v) is 10.1. The summed E-state index contributed by atoms with van der Waals surface area (Å²) in [7, 11) is 1.47. The molecule has 0 unspecified atom stereocenters. The Balaban J connectivity index is 0.00000312. The normalized spacial score (nSPS) is 21.4. The Hall–Kier alpha value is -0.220. The van der Waals surface area contributed by atoms with Crippen LogP contribution in [0.3, 0.4) is 0 Å². The lowest BCUT2D eigenvalue weighted by atomic mass is 9.97. The Morgan fingerprint density at radius 2 is 2.00 bits per heavy atom. The van der Waals surface area contributed by atoms with Gasteiger partial charge in [-0.25, -0.2) is 0 Å². The lowest BCUT2D eigenvalue weighted by molar-refractivity contribution is -0.146. The third kappa shape index (κ3) is 6.46. The first kappa shape index (κ1) is 22.8. The van der Waals surface area contributed by atoms with E-state index in [9.17, 15) is 4.79 Å². The molecule has 0 aromatic heterocycles. The largest absolute Gasteiger partial charge is 0.469 e. The van der Waals surface area contributed by atoms with E-state index in [4.69, 9.17) is 14.5 Å². The Bertz CT molecular complexity index is 437. The number of halogens is 1. The van der Waals surface area contributed by atoms with E-state index in [2.05, 4.69) is 23.4 Å². The lowest BCUT2D eigenvalue weighted by Crippen LogP contribution is -2.47. The molecule has 8 heteroatoms. The van der Waals surface area contributed by atoms with Crippen molar-refractivity contribution < 1.29 is 14.3 Å². The zero-order chi connectivity index (χ0) is 17.4. The van der Waals surface area contributed by atoms with Crippen molar-refractivity contribution in [3.63, 3.8) is 0 Å². The molecule has 2 heterocycles. The van der Waals surface area contributed by atoms with Gasteiger partial charge in [0.15, 0.2) is 5.96 Å². The summed E-state index contributed by atoms with van der Waals surface area (Å²) in [6.45, 7) is 7.12. The second-order valence-corrected chi connectivity index (χ2v) is 7.73. The Labute approximate surface area is 172 Å². The van der Waals surface area contributed by atoms with Gasteiger partial charge in [-0.2, -0.15) is 11.8 Å². The van der Waals surface area contributed by atoms with Gasteiger partial charge in [-0.05, 0) is 38.9 Å². The van der Waals surface area contributed by atoms with Crippen molar-refractivity contribution in [2.45, 2.75) is 37.4 Å². The number of methoxy groups -OCH3 is 1. The van der Waals surface area contributed by atoms with Crippen LogP contribution in [0.5, 0.6) is 0 Å². The van der Waals surface area contributed by atoms with Crippen molar-refractivity contribution in [3.8, 4) is 0 Å². The van der Waals surface area contributed by atoms with Crippen LogP contribution in [0, 0.1) is 5.92 Å². The molecule has 2 fully saturated rings. The molecule has 2 saturated heterocycles. The standard InChI is InChI=1S/C17H31N3O3S.HI/c1-4-18-16(19-13-17(24-3)7-11-23-12-8-17)20-9-5-14(6-10-20)15(21)22-2;/h14H,4-13H2,1-3H3,(H,18,19);1H. The molecule has 0 amide bonds. The molecule has 0 aliphatic carbocycles. The van der Waals surface area contributed by atoms with Crippen molar-refractivity contribution in [1.29, 1.82) is 0 Å². The fraction of sp³-hybridized carbons (Fsp3) is 0.882. The molecule has 0 bridgehead atoms. The molecular weight excluding hydrogens is 453 g/mol. The van der Waals surface area contributed by atoms with Crippen molar-refractivity contribution in [3.05, 3.63) is 0 Å². The highest BCUT2D eigenvalue weighted by Crippen LogP contribution is 2.34. The summed E-state index contributed by atoms with van der Waals surface area (Å²) in [5.74, 6) is 0.919. The summed E-state index contributed by atoms with van der Waals surface area (Å²) >= 11 is 1.91. The van der Waals surface area contributed by atoms with Gasteiger partial charge in [0.1, 0.15) is 0 Å². The molecule has 0 aromatic carbocycles. The molecule has 25 heavy (non-hydrogen) atoms. The van der Waals surface area contributed by atoms with Gasteiger partial charge in [-0.1, -0.05) is 0 Å². The zero-order valence-electron chi connectivity index (χ0n) is 15.6. The zero-order valence-corrected chi connectivity index (χ0v) is 18.7. The minimum Gasteiger partial charge on any atom is -0.469 e. The number of carbonyl (C=O) groups is 1. The van der Waals surface area contributed by atoms with E-state index in [1.807, 2.05) is 11.8 Å². The summed E-state index contributed by atoms with van der Waals surface area (Å²) < 4.78 is 10.6. The van der Waals surface area contributed by atoms with Crippen LogP contribution < -0.4 is 5.32 Å². The number of nitrogens with one attached hydrogen (secondary N) is 1. The summed E-state index contributed by atoms with van der Waals surface area (Å²) in [6.07, 6.45) is 5.95. The summed E-state index contributed by atoms with van der Waals surface area (Å²) in [6, 6.07) is 0. The van der Waals surface area contributed by atoms with Crippen LogP contribution in [0.4, 0.5) is 0 Å². The molecule has 0 atom stereocenters. The minimum atomic E-state index is -0.0832. The van der Waals surface area contributed by atoms with Gasteiger partial charge < -0.3 is 19.7 Å². The first-order chi connectivity index (χ1) is 11.6. The maximum Gasteiger partial charge on any atom is 0.308 e. The van der Waals surface area contributed by atoms with Gasteiger partial charge in [-0.15, -0.1) is 24.0 Å². The second kappa shape index (κ2) is 11.5. The predicted molar refractivity (Wildman–Crippen MR) is 114 cm³/mol. The molecule has 2 aliphatic heterocycles. The Morgan fingerprint density at radius 1 is 1.36 bits per heavy atom. The van der Waals surface area contributed by atoms with Gasteiger partial charge in [0, 0.05) is 37.6 Å². The third-order valence-electron chi connectivity index (χ3n) is 5.02. The molecular formula is C17H32IN3O3S. The van der Waals surface area contributed by atoms with Crippen LogP contribution in [0.2, 0.25) is 0 Å². The molecule has 0 radical (unpaired) electrons. The number of likely N-dealkylation sites (tertiary alicyclic amines) is 1. The van der Waals surface area contributed by atoms with Crippen molar-refractivity contribution >= 4 is 47.7 Å². The van der Waals surface area contributed by atoms with Gasteiger partial charge in [0.05, 0.1) is 19.6 Å². The lowest BCUT2D eigenvalue weighted by Gasteiger charge is -2.36. The van der Waals surface area contributed by atoms with Crippen molar-refractivity contribution in [2.75, 3.05) is 52.8 Å². The second-order valence-electron chi connectivity index (χ2n) is 6.45. The molecule has 1 N–H and O–H groups in total. The van der Waals surface area contributed by atoms with E-state index in [1.165, 1.54) is 7.11 Å². The maximum atomic E-state index is 11.7. The average molecular weight is 485 g/mol. The van der Waals surface area contributed by atoms with Crippen LogP contribution in [0.1, 0.15) is 32.6 Å². The highest BCUT2D eigenvalue weighted by Gasteiger charge is 2.32. The number of aliphatic imine (C=N–C) groups is 1. The van der Waals surface area contributed by atoms with E-state index in [-0.39, 0.29) is 40.6 Å². The fourth-order valence-corrected chi connectivity index (χ4v) is 4.08. The van der Waals surface area contributed by atoms with E-state index < -0.39 is 0 Å². The van der Waals surface area contributed by atoms with Crippen LogP contribution in [-0.4, -0.2) is 74.3 Å². The van der Waals surface area contributed by atoms with Gasteiger partial charge in [0.2, 0.25) is 0 Å². The molecule has 2 aliphatic rings. The van der Waals surface area contributed by atoms with Gasteiger partial charge in [-0.3, -0.25) is 9.79 Å². The summed E-state index contributed by atoms with van der Waals surface area (Å²) in [5.41, 5.74) is 0. The summed E-state index contributed by atoms with van der Waals surface area (Å²) in [4.78, 5) is 18.9. The van der Waals surface area contributed by atoms with E-state index in [1.54, 1.807) is 0 Å². The number of rotatable bonds is 5. The van der Waals surface area contributed by atoms with Gasteiger partial charge in [0.25, 0.3) is 0 Å². The monoisotopic (exact) mass is 485 g/mol. The predicted octanol–water partition coefficient (Wildman–Crippen LogP) is 2.37. The average Bonchev–Trinajstić information content (AvgIpc) is 2.65. The van der Waals surface area contributed by atoms with Crippen molar-refractivity contribution in [1.82, 2.24) is 10.2 Å². The maximum absolute atomic E-state index is 11.7. The molecule has 6 nitrogen and oxygen atoms in total. The van der Waals surface area contributed by atoms with Crippen LogP contribution in [0.15, 0.2) is 4.99 Å². The number of ether oxygens (including phenoxy) is 2. The molecule has 146 valence electrons. The van der Waals surface area contributed by atoms with Crippen LogP contribution in [-0.2, 0) is 14.3 Å². The molecule has 0 saturated carbocycles. The number of piperidine rings is 1. The third-order valence-corrected chi connectivity index (χ3v) is 6.42. The number of hydrogen-bond acceptors (Lipinski definition) is 5. The van der Waals surface area contributed by atoms with E-state index in [0.717, 1.165) is 71.0 Å². The quantitative estimate of drug-likeness (QED) is 0.279. The highest BCUT2D eigenvalue weighted by molar-refractivity contribution is 14.0. The number of thioether (sulfide) groups is 1. The Morgan fingerprint density at radius 3 is 2.52 bits per heavy atom.